The van der Waals surface area contributed by atoms with E-state index in [9.17, 15) is 18.0 Å². The van der Waals surface area contributed by atoms with E-state index in [1.54, 1.807) is 41.3 Å². The quantitative estimate of drug-likeness (QED) is 0.632. The van der Waals surface area contributed by atoms with E-state index < -0.39 is 10.0 Å². The van der Waals surface area contributed by atoms with Crippen LogP contribution in [0, 0.1) is 0 Å². The lowest BCUT2D eigenvalue weighted by molar-refractivity contribution is -0.134. The highest BCUT2D eigenvalue weighted by molar-refractivity contribution is 7.89. The van der Waals surface area contributed by atoms with Crippen molar-refractivity contribution in [3.63, 3.8) is 0 Å². The summed E-state index contributed by atoms with van der Waals surface area (Å²) in [7, 11) is -2.12. The predicted molar refractivity (Wildman–Crippen MR) is 106 cm³/mol. The predicted octanol–water partition coefficient (Wildman–Crippen LogP) is 1.42. The average molecular weight is 418 g/mol. The molecule has 1 saturated heterocycles. The Kier molecular flexibility index (Phi) is 6.50. The molecule has 0 saturated carbocycles. The second-order valence-electron chi connectivity index (χ2n) is 6.40. The van der Waals surface area contributed by atoms with Crippen molar-refractivity contribution in [2.24, 2.45) is 0 Å². The van der Waals surface area contributed by atoms with Gasteiger partial charge in [-0.1, -0.05) is 12.1 Å². The molecule has 1 amide bonds. The highest BCUT2D eigenvalue weighted by Crippen LogP contribution is 2.21. The van der Waals surface area contributed by atoms with Crippen molar-refractivity contribution in [2.75, 3.05) is 39.9 Å². The summed E-state index contributed by atoms with van der Waals surface area (Å²) in [6, 6.07) is 12.9. The van der Waals surface area contributed by atoms with Gasteiger partial charge in [-0.25, -0.2) is 8.42 Å². The normalized spacial score (nSPS) is 15.0. The minimum Gasteiger partial charge on any atom is -0.497 e. The molecule has 1 aliphatic rings. The van der Waals surface area contributed by atoms with Crippen LogP contribution in [-0.4, -0.2) is 69.7 Å². The number of para-hydroxylation sites is 1. The smallest absolute Gasteiger partial charge is 0.260 e. The number of piperazine rings is 1. The summed E-state index contributed by atoms with van der Waals surface area (Å²) in [6.07, 6.45) is 0.669. The highest BCUT2D eigenvalue weighted by atomic mass is 32.2. The van der Waals surface area contributed by atoms with Crippen LogP contribution >= 0.6 is 0 Å². The molecule has 1 fully saturated rings. The van der Waals surface area contributed by atoms with Gasteiger partial charge >= 0.3 is 0 Å². The number of aldehydes is 1. The third-order valence-corrected chi connectivity index (χ3v) is 6.60. The van der Waals surface area contributed by atoms with E-state index >= 15 is 0 Å². The molecule has 2 aromatic carbocycles. The topological polar surface area (TPSA) is 93.2 Å². The molecule has 0 bridgehead atoms. The van der Waals surface area contributed by atoms with Crippen LogP contribution in [0.4, 0.5) is 0 Å². The van der Waals surface area contributed by atoms with Crippen molar-refractivity contribution in [2.45, 2.75) is 4.90 Å². The molecule has 0 spiro atoms. The average Bonchev–Trinajstić information content (AvgIpc) is 2.77. The van der Waals surface area contributed by atoms with Crippen molar-refractivity contribution in [1.82, 2.24) is 9.21 Å². The molecule has 9 heteroatoms. The molecular weight excluding hydrogens is 396 g/mol. The van der Waals surface area contributed by atoms with Crippen LogP contribution in [0.5, 0.6) is 11.5 Å². The fourth-order valence-corrected chi connectivity index (χ4v) is 4.44. The Balaban J connectivity index is 1.56. The molecule has 1 aliphatic heterocycles. The van der Waals surface area contributed by atoms with E-state index in [1.807, 2.05) is 0 Å². The van der Waals surface area contributed by atoms with Crippen molar-refractivity contribution >= 4 is 22.2 Å². The Morgan fingerprint density at radius 2 is 1.69 bits per heavy atom. The Morgan fingerprint density at radius 1 is 1.03 bits per heavy atom. The SMILES string of the molecule is COc1ccc(S(=O)(=O)N2CCN(C(=O)COc3ccccc3C=O)CC2)cc1. The third-order valence-electron chi connectivity index (χ3n) is 4.69. The van der Waals surface area contributed by atoms with Gasteiger partial charge in [0.05, 0.1) is 17.6 Å². The molecule has 0 N–H and O–H groups in total. The Bertz CT molecular complexity index is 967. The first-order valence-electron chi connectivity index (χ1n) is 9.04. The van der Waals surface area contributed by atoms with E-state index in [2.05, 4.69) is 0 Å². The molecule has 0 atom stereocenters. The van der Waals surface area contributed by atoms with Gasteiger partial charge in [0.1, 0.15) is 11.5 Å². The summed E-state index contributed by atoms with van der Waals surface area (Å²) in [5.41, 5.74) is 0.371. The van der Waals surface area contributed by atoms with Gasteiger partial charge in [-0.2, -0.15) is 4.31 Å². The molecule has 154 valence electrons. The highest BCUT2D eigenvalue weighted by Gasteiger charge is 2.30. The lowest BCUT2D eigenvalue weighted by Gasteiger charge is -2.34. The van der Waals surface area contributed by atoms with E-state index in [1.165, 1.54) is 23.5 Å². The second kappa shape index (κ2) is 9.06. The van der Waals surface area contributed by atoms with E-state index in [0.29, 0.717) is 23.3 Å². The maximum absolute atomic E-state index is 12.8. The van der Waals surface area contributed by atoms with Crippen LogP contribution in [0.2, 0.25) is 0 Å². The number of methoxy groups -OCH3 is 1. The summed E-state index contributed by atoms with van der Waals surface area (Å²) in [5, 5.41) is 0. The Hall–Kier alpha value is -2.91. The number of carbonyl (C=O) groups is 2. The summed E-state index contributed by atoms with van der Waals surface area (Å²) < 4.78 is 37.4. The van der Waals surface area contributed by atoms with Gasteiger partial charge in [0.2, 0.25) is 10.0 Å². The zero-order chi connectivity index (χ0) is 20.9. The van der Waals surface area contributed by atoms with Crippen LogP contribution in [0.3, 0.4) is 0 Å². The molecule has 29 heavy (non-hydrogen) atoms. The molecule has 0 radical (unpaired) electrons. The van der Waals surface area contributed by atoms with Crippen molar-refractivity contribution in [1.29, 1.82) is 0 Å². The number of nitrogens with zero attached hydrogens (tertiary/aromatic N) is 2. The largest absolute Gasteiger partial charge is 0.497 e. The molecule has 8 nitrogen and oxygen atoms in total. The first-order chi connectivity index (χ1) is 14.0. The number of amides is 1. The Labute approximate surface area is 169 Å². The summed E-state index contributed by atoms with van der Waals surface area (Å²) in [6.45, 7) is 0.728. The zero-order valence-electron chi connectivity index (χ0n) is 16.0. The van der Waals surface area contributed by atoms with Crippen molar-refractivity contribution < 1.29 is 27.5 Å². The third kappa shape index (κ3) is 4.75. The first-order valence-corrected chi connectivity index (χ1v) is 10.5. The molecule has 2 aromatic rings. The van der Waals surface area contributed by atoms with Crippen LogP contribution in [-0.2, 0) is 14.8 Å². The van der Waals surface area contributed by atoms with Gasteiger partial charge in [-0.3, -0.25) is 9.59 Å². The van der Waals surface area contributed by atoms with Gasteiger partial charge in [0, 0.05) is 26.2 Å². The number of ether oxygens (including phenoxy) is 2. The van der Waals surface area contributed by atoms with E-state index in [0.717, 1.165) is 0 Å². The number of carbonyl (C=O) groups excluding carboxylic acids is 2. The number of benzene rings is 2. The monoisotopic (exact) mass is 418 g/mol. The molecule has 1 heterocycles. The van der Waals surface area contributed by atoms with Crippen LogP contribution in [0.1, 0.15) is 10.4 Å². The maximum Gasteiger partial charge on any atom is 0.260 e. The standard InChI is InChI=1S/C20H22N2O6S/c1-27-17-6-8-18(9-7-17)29(25,26)22-12-10-21(11-13-22)20(24)15-28-19-5-3-2-4-16(19)14-23/h2-9,14H,10-13,15H2,1H3. The Morgan fingerprint density at radius 3 is 2.31 bits per heavy atom. The van der Waals surface area contributed by atoms with Crippen LogP contribution in [0.15, 0.2) is 53.4 Å². The van der Waals surface area contributed by atoms with Crippen LogP contribution in [0.25, 0.3) is 0 Å². The minimum atomic E-state index is -3.63. The molecule has 0 unspecified atom stereocenters. The minimum absolute atomic E-state index is 0.187. The van der Waals surface area contributed by atoms with Crippen LogP contribution < -0.4 is 9.47 Å². The number of sulfonamides is 1. The van der Waals surface area contributed by atoms with Gasteiger partial charge in [0.15, 0.2) is 12.9 Å². The summed E-state index contributed by atoms with van der Waals surface area (Å²) in [4.78, 5) is 25.2. The first kappa shape index (κ1) is 20.8. The molecule has 3 rings (SSSR count). The number of hydrogen-bond acceptors (Lipinski definition) is 6. The molecule has 0 aliphatic carbocycles. The zero-order valence-corrected chi connectivity index (χ0v) is 16.8. The molecule has 0 aromatic heterocycles. The van der Waals surface area contributed by atoms with Gasteiger partial charge < -0.3 is 14.4 Å². The van der Waals surface area contributed by atoms with Crippen molar-refractivity contribution in [3.05, 3.63) is 54.1 Å². The van der Waals surface area contributed by atoms with E-state index in [-0.39, 0.29) is 43.6 Å². The van der Waals surface area contributed by atoms with Gasteiger partial charge in [-0.05, 0) is 36.4 Å². The summed E-state index contributed by atoms with van der Waals surface area (Å²) >= 11 is 0. The number of rotatable bonds is 7. The van der Waals surface area contributed by atoms with Gasteiger partial charge in [-0.15, -0.1) is 0 Å². The van der Waals surface area contributed by atoms with Crippen molar-refractivity contribution in [3.8, 4) is 11.5 Å². The summed E-state index contributed by atoms with van der Waals surface area (Å²) in [5.74, 6) is 0.666. The molecular formula is C20H22N2O6S. The fourth-order valence-electron chi connectivity index (χ4n) is 3.01. The second-order valence-corrected chi connectivity index (χ2v) is 8.34. The fraction of sp³-hybridized carbons (Fsp3) is 0.300. The maximum atomic E-state index is 12.8. The van der Waals surface area contributed by atoms with E-state index in [4.69, 9.17) is 9.47 Å². The van der Waals surface area contributed by atoms with Gasteiger partial charge in [0.25, 0.3) is 5.91 Å². The number of hydrogen-bond donors (Lipinski definition) is 0. The lowest BCUT2D eigenvalue weighted by Crippen LogP contribution is -2.51. The lowest BCUT2D eigenvalue weighted by atomic mass is 10.2.